The molecule has 0 unspecified atom stereocenters. The van der Waals surface area contributed by atoms with Crippen LogP contribution in [0, 0.1) is 6.92 Å². The third-order valence-electron chi connectivity index (χ3n) is 6.58. The maximum atomic E-state index is 12.4. The lowest BCUT2D eigenvalue weighted by Crippen LogP contribution is -2.47. The number of carbonyl (C=O) groups is 2. The lowest BCUT2D eigenvalue weighted by Gasteiger charge is -2.42. The van der Waals surface area contributed by atoms with Gasteiger partial charge in [-0.3, -0.25) is 4.79 Å². The summed E-state index contributed by atoms with van der Waals surface area (Å²) >= 11 is 0. The molecule has 0 atom stereocenters. The zero-order chi connectivity index (χ0) is 23.4. The minimum absolute atomic E-state index is 0.0106. The molecule has 0 saturated carbocycles. The highest BCUT2D eigenvalue weighted by molar-refractivity contribution is 5.89. The van der Waals surface area contributed by atoms with Gasteiger partial charge in [0.1, 0.15) is 12.4 Å². The van der Waals surface area contributed by atoms with Gasteiger partial charge in [-0.1, -0.05) is 42.5 Å². The number of carbonyl (C=O) groups excluding carboxylic acids is 1. The summed E-state index contributed by atoms with van der Waals surface area (Å²) in [5.74, 6) is 0.0594. The number of carboxylic acids is 1. The van der Waals surface area contributed by atoms with Crippen molar-refractivity contribution in [3.63, 3.8) is 0 Å². The first-order valence-electron chi connectivity index (χ1n) is 11.1. The van der Waals surface area contributed by atoms with Crippen molar-refractivity contribution >= 4 is 11.9 Å². The predicted octanol–water partition coefficient (Wildman–Crippen LogP) is 3.49. The van der Waals surface area contributed by atoms with Crippen LogP contribution in [-0.4, -0.2) is 58.2 Å². The van der Waals surface area contributed by atoms with E-state index >= 15 is 0 Å². The maximum Gasteiger partial charge on any atom is 0.335 e. The summed E-state index contributed by atoms with van der Waals surface area (Å²) < 4.78 is 7.19. The Balaban J connectivity index is 1.67. The molecule has 3 aromatic rings. The number of rotatable bonds is 7. The molecule has 1 aliphatic rings. The van der Waals surface area contributed by atoms with E-state index in [1.807, 2.05) is 54.5 Å². The highest BCUT2D eigenvalue weighted by atomic mass is 16.5. The Morgan fingerprint density at radius 3 is 2.48 bits per heavy atom. The minimum atomic E-state index is -0.916. The van der Waals surface area contributed by atoms with E-state index in [9.17, 15) is 14.7 Å². The first-order valence-corrected chi connectivity index (χ1v) is 11.1. The van der Waals surface area contributed by atoms with E-state index in [0.717, 1.165) is 29.8 Å². The van der Waals surface area contributed by atoms with Gasteiger partial charge in [0.15, 0.2) is 0 Å². The molecule has 7 heteroatoms. The molecule has 2 heterocycles. The van der Waals surface area contributed by atoms with E-state index in [2.05, 4.69) is 16.7 Å². The third-order valence-corrected chi connectivity index (χ3v) is 6.58. The van der Waals surface area contributed by atoms with Gasteiger partial charge in [-0.15, -0.1) is 0 Å². The zero-order valence-electron chi connectivity index (χ0n) is 19.0. The molecule has 7 nitrogen and oxygen atoms in total. The number of ether oxygens (including phenoxy) is 1. The summed E-state index contributed by atoms with van der Waals surface area (Å²) in [6.07, 6.45) is 5.32. The fourth-order valence-electron chi connectivity index (χ4n) is 4.87. The van der Waals surface area contributed by atoms with Gasteiger partial charge in [0.25, 0.3) is 0 Å². The molecule has 0 radical (unpaired) electrons. The molecule has 0 spiro atoms. The van der Waals surface area contributed by atoms with E-state index in [0.29, 0.717) is 25.2 Å². The van der Waals surface area contributed by atoms with Crippen molar-refractivity contribution in [2.75, 3.05) is 26.8 Å². The van der Waals surface area contributed by atoms with E-state index < -0.39 is 5.97 Å². The van der Waals surface area contributed by atoms with Gasteiger partial charge in [0.2, 0.25) is 5.91 Å². The van der Waals surface area contributed by atoms with Gasteiger partial charge in [-0.25, -0.2) is 9.78 Å². The maximum absolute atomic E-state index is 12.4. The van der Waals surface area contributed by atoms with Crippen molar-refractivity contribution in [2.24, 2.45) is 0 Å². The summed E-state index contributed by atoms with van der Waals surface area (Å²) in [7, 11) is 1.54. The number of likely N-dealkylation sites (tertiary alicyclic amines) is 1. The average Bonchev–Trinajstić information content (AvgIpc) is 3.28. The van der Waals surface area contributed by atoms with Gasteiger partial charge < -0.3 is 19.3 Å². The van der Waals surface area contributed by atoms with Crippen LogP contribution < -0.4 is 0 Å². The zero-order valence-corrected chi connectivity index (χ0v) is 19.0. The molecule has 1 N–H and O–H groups in total. The molecule has 2 aromatic carbocycles. The monoisotopic (exact) mass is 447 g/mol. The SMILES string of the molecule is COCC(=O)N1CCC(c2ccccc2)(c2nccn2Cc2ccc(C(=O)O)c(C)c2)CC1. The normalized spacial score (nSPS) is 15.4. The van der Waals surface area contributed by atoms with E-state index in [4.69, 9.17) is 9.72 Å². The molecule has 1 aliphatic heterocycles. The van der Waals surface area contributed by atoms with Crippen LogP contribution in [-0.2, 0) is 21.5 Å². The minimum Gasteiger partial charge on any atom is -0.478 e. The number of aromatic carboxylic acids is 1. The molecule has 172 valence electrons. The number of nitrogens with zero attached hydrogens (tertiary/aromatic N) is 3. The van der Waals surface area contributed by atoms with Gasteiger partial charge in [-0.2, -0.15) is 0 Å². The quantitative estimate of drug-likeness (QED) is 0.599. The first kappa shape index (κ1) is 22.7. The van der Waals surface area contributed by atoms with Crippen LogP contribution in [0.3, 0.4) is 0 Å². The Labute approximate surface area is 193 Å². The third kappa shape index (κ3) is 4.54. The van der Waals surface area contributed by atoms with E-state index in [1.54, 1.807) is 6.07 Å². The van der Waals surface area contributed by atoms with Gasteiger partial charge >= 0.3 is 5.97 Å². The fraction of sp³-hybridized carbons (Fsp3) is 0.346. The Hall–Kier alpha value is -3.45. The summed E-state index contributed by atoms with van der Waals surface area (Å²) in [6.45, 7) is 3.78. The second-order valence-electron chi connectivity index (χ2n) is 8.60. The smallest absolute Gasteiger partial charge is 0.335 e. The highest BCUT2D eigenvalue weighted by Crippen LogP contribution is 2.41. The molecule has 4 rings (SSSR count). The number of methoxy groups -OCH3 is 1. The second kappa shape index (κ2) is 9.58. The topological polar surface area (TPSA) is 84.7 Å². The number of hydrogen-bond donors (Lipinski definition) is 1. The summed E-state index contributed by atoms with van der Waals surface area (Å²) in [5, 5.41) is 9.33. The molecular formula is C26H29N3O4. The van der Waals surface area contributed by atoms with E-state index in [-0.39, 0.29) is 17.9 Å². The molecule has 1 fully saturated rings. The van der Waals surface area contributed by atoms with Crippen molar-refractivity contribution in [1.82, 2.24) is 14.5 Å². The van der Waals surface area contributed by atoms with Crippen molar-refractivity contribution in [3.05, 3.63) is 89.0 Å². The lowest BCUT2D eigenvalue weighted by atomic mass is 9.72. The van der Waals surface area contributed by atoms with Crippen LogP contribution in [0.2, 0.25) is 0 Å². The average molecular weight is 448 g/mol. The van der Waals surface area contributed by atoms with Crippen molar-refractivity contribution < 1.29 is 19.4 Å². The number of hydrogen-bond acceptors (Lipinski definition) is 4. The van der Waals surface area contributed by atoms with Crippen molar-refractivity contribution in [1.29, 1.82) is 0 Å². The Morgan fingerprint density at radius 2 is 1.85 bits per heavy atom. The number of piperidine rings is 1. The van der Waals surface area contributed by atoms with Crippen LogP contribution in [0.15, 0.2) is 60.9 Å². The van der Waals surface area contributed by atoms with E-state index in [1.165, 1.54) is 12.7 Å². The van der Waals surface area contributed by atoms with Crippen LogP contribution in [0.1, 0.15) is 45.7 Å². The van der Waals surface area contributed by atoms with Gasteiger partial charge in [0.05, 0.1) is 11.0 Å². The number of aromatic nitrogens is 2. The molecular weight excluding hydrogens is 418 g/mol. The number of benzene rings is 2. The van der Waals surface area contributed by atoms with Crippen LogP contribution in [0.25, 0.3) is 0 Å². The number of carboxylic acid groups (broad SMARTS) is 1. The van der Waals surface area contributed by atoms with Crippen LogP contribution in [0.5, 0.6) is 0 Å². The summed E-state index contributed by atoms with van der Waals surface area (Å²) in [6, 6.07) is 15.8. The largest absolute Gasteiger partial charge is 0.478 e. The fourth-order valence-corrected chi connectivity index (χ4v) is 4.87. The Bertz CT molecular complexity index is 1130. The molecule has 33 heavy (non-hydrogen) atoms. The predicted molar refractivity (Wildman–Crippen MR) is 124 cm³/mol. The second-order valence-corrected chi connectivity index (χ2v) is 8.60. The molecule has 0 bridgehead atoms. The van der Waals surface area contributed by atoms with Crippen LogP contribution >= 0.6 is 0 Å². The summed E-state index contributed by atoms with van der Waals surface area (Å²) in [5.41, 5.74) is 2.95. The number of aryl methyl sites for hydroxylation is 1. The van der Waals surface area contributed by atoms with Crippen molar-refractivity contribution in [2.45, 2.75) is 31.7 Å². The highest BCUT2D eigenvalue weighted by Gasteiger charge is 2.42. The van der Waals surface area contributed by atoms with Gasteiger partial charge in [-0.05, 0) is 42.5 Å². The number of amides is 1. The Kier molecular flexibility index (Phi) is 6.60. The molecule has 1 saturated heterocycles. The standard InChI is InChI=1S/C26H29N3O4/c1-19-16-20(8-9-22(19)24(31)32)17-29-15-12-27-25(29)26(21-6-4-3-5-7-21)10-13-28(14-11-26)23(30)18-33-2/h3-9,12,15-16H,10-11,13-14,17-18H2,1-2H3,(H,31,32). The van der Waals surface area contributed by atoms with Crippen LogP contribution in [0.4, 0.5) is 0 Å². The number of imidazole rings is 1. The molecule has 1 aromatic heterocycles. The first-order chi connectivity index (χ1) is 15.9. The van der Waals surface area contributed by atoms with Gasteiger partial charge in [0, 0.05) is 39.1 Å². The summed E-state index contributed by atoms with van der Waals surface area (Å²) in [4.78, 5) is 30.4. The van der Waals surface area contributed by atoms with Crippen molar-refractivity contribution in [3.8, 4) is 0 Å². The Morgan fingerprint density at radius 1 is 1.12 bits per heavy atom. The molecule has 0 aliphatic carbocycles. The lowest BCUT2D eigenvalue weighted by molar-refractivity contribution is -0.136. The molecule has 1 amide bonds.